The second-order valence-corrected chi connectivity index (χ2v) is 4.64. The van der Waals surface area contributed by atoms with E-state index in [9.17, 15) is 4.79 Å². The Balaban J connectivity index is 2.18. The molecule has 0 saturated carbocycles. The Morgan fingerprint density at radius 1 is 1.28 bits per heavy atom. The molecule has 0 aromatic heterocycles. The van der Waals surface area contributed by atoms with Crippen LogP contribution < -0.4 is 10.6 Å². The van der Waals surface area contributed by atoms with E-state index in [4.69, 9.17) is 10.8 Å². The molecule has 1 aromatic rings. The molecule has 4 nitrogen and oxygen atoms in total. The molecule has 1 amide bonds. The van der Waals surface area contributed by atoms with Crippen LogP contribution in [0.1, 0.15) is 30.4 Å². The highest BCUT2D eigenvalue weighted by atomic mass is 16.3. The minimum absolute atomic E-state index is 0.181. The minimum Gasteiger partial charge on any atom is -0.396 e. The molecule has 2 rings (SSSR count). The van der Waals surface area contributed by atoms with Gasteiger partial charge in [0.05, 0.1) is 0 Å². The predicted octanol–water partition coefficient (Wildman–Crippen LogP) is 1.20. The number of aliphatic hydroxyl groups is 1. The molecule has 0 bridgehead atoms. The highest BCUT2D eigenvalue weighted by Gasteiger charge is 2.23. The lowest BCUT2D eigenvalue weighted by atomic mass is 9.98. The van der Waals surface area contributed by atoms with E-state index in [2.05, 4.69) is 6.07 Å². The number of rotatable bonds is 5. The first-order valence-corrected chi connectivity index (χ1v) is 6.49. The number of unbranched alkanes of at least 4 members (excludes halogenated alkanes) is 1. The van der Waals surface area contributed by atoms with Gasteiger partial charge in [-0.3, -0.25) is 4.79 Å². The summed E-state index contributed by atoms with van der Waals surface area (Å²) in [6, 6.07) is 6.07. The molecule has 3 N–H and O–H groups in total. The second-order valence-electron chi connectivity index (χ2n) is 4.64. The number of carbonyl (C=O) groups excluding carboxylic acids is 1. The van der Waals surface area contributed by atoms with Gasteiger partial charge in [-0.1, -0.05) is 12.1 Å². The fourth-order valence-corrected chi connectivity index (χ4v) is 2.37. The molecule has 1 aliphatic heterocycles. The fraction of sp³-hybridized carbons (Fsp3) is 0.500. The number of carbonyl (C=O) groups is 1. The van der Waals surface area contributed by atoms with Gasteiger partial charge in [-0.2, -0.15) is 0 Å². The summed E-state index contributed by atoms with van der Waals surface area (Å²) in [5.74, 6) is 0.181. The highest BCUT2D eigenvalue weighted by molar-refractivity contribution is 5.96. The summed E-state index contributed by atoms with van der Waals surface area (Å²) in [4.78, 5) is 13.8. The molecule has 0 spiro atoms. The number of fused-ring (bicyclic) bond motifs is 1. The summed E-state index contributed by atoms with van der Waals surface area (Å²) in [5.41, 5.74) is 8.97. The molecule has 1 aromatic carbocycles. The fourth-order valence-electron chi connectivity index (χ4n) is 2.37. The van der Waals surface area contributed by atoms with Crippen LogP contribution in [0, 0.1) is 0 Å². The Kier molecular flexibility index (Phi) is 4.33. The van der Waals surface area contributed by atoms with Gasteiger partial charge in [0.25, 0.3) is 0 Å². The number of anilines is 1. The third-order valence-corrected chi connectivity index (χ3v) is 3.37. The quantitative estimate of drug-likeness (QED) is 0.769. The van der Waals surface area contributed by atoms with E-state index in [0.717, 1.165) is 30.5 Å². The lowest BCUT2D eigenvalue weighted by Gasteiger charge is -2.29. The number of hydrogen-bond acceptors (Lipinski definition) is 3. The molecule has 1 aliphatic rings. The van der Waals surface area contributed by atoms with Crippen molar-refractivity contribution < 1.29 is 9.90 Å². The van der Waals surface area contributed by atoms with Gasteiger partial charge < -0.3 is 15.7 Å². The summed E-state index contributed by atoms with van der Waals surface area (Å²) in [6.45, 7) is 1.40. The summed E-state index contributed by atoms with van der Waals surface area (Å²) < 4.78 is 0. The van der Waals surface area contributed by atoms with Crippen molar-refractivity contribution in [2.75, 3.05) is 18.1 Å². The molecule has 4 heteroatoms. The van der Waals surface area contributed by atoms with Crippen molar-refractivity contribution in [3.05, 3.63) is 29.3 Å². The number of hydrogen-bond donors (Lipinski definition) is 2. The lowest BCUT2D eigenvalue weighted by Crippen LogP contribution is -2.36. The average molecular weight is 248 g/mol. The van der Waals surface area contributed by atoms with Crippen LogP contribution in [-0.4, -0.2) is 24.2 Å². The van der Waals surface area contributed by atoms with Crippen molar-refractivity contribution in [3.63, 3.8) is 0 Å². The monoisotopic (exact) mass is 248 g/mol. The van der Waals surface area contributed by atoms with E-state index in [1.807, 2.05) is 17.0 Å². The third-order valence-electron chi connectivity index (χ3n) is 3.37. The van der Waals surface area contributed by atoms with E-state index < -0.39 is 0 Å². The molecule has 1 heterocycles. The van der Waals surface area contributed by atoms with Crippen molar-refractivity contribution in [2.45, 2.75) is 32.2 Å². The Hall–Kier alpha value is -1.39. The molecule has 98 valence electrons. The predicted molar refractivity (Wildman–Crippen MR) is 71.3 cm³/mol. The zero-order valence-corrected chi connectivity index (χ0v) is 10.6. The van der Waals surface area contributed by atoms with E-state index in [1.54, 1.807) is 0 Å². The summed E-state index contributed by atoms with van der Waals surface area (Å²) in [5, 5.41) is 8.81. The maximum Gasteiger partial charge on any atom is 0.227 e. The molecule has 0 radical (unpaired) electrons. The SMILES string of the molecule is NCc1ccc2c(c1)CCC(=O)N2CCCCO. The second kappa shape index (κ2) is 5.98. The largest absolute Gasteiger partial charge is 0.396 e. The Morgan fingerprint density at radius 3 is 2.83 bits per heavy atom. The molecule has 0 saturated heterocycles. The highest BCUT2D eigenvalue weighted by Crippen LogP contribution is 2.28. The first kappa shape index (κ1) is 13.1. The molecule has 0 aliphatic carbocycles. The lowest BCUT2D eigenvalue weighted by molar-refractivity contribution is -0.118. The Morgan fingerprint density at radius 2 is 2.11 bits per heavy atom. The van der Waals surface area contributed by atoms with Gasteiger partial charge in [0.1, 0.15) is 0 Å². The van der Waals surface area contributed by atoms with Gasteiger partial charge >= 0.3 is 0 Å². The normalized spacial score (nSPS) is 14.8. The van der Waals surface area contributed by atoms with Gasteiger partial charge in [0.2, 0.25) is 5.91 Å². The van der Waals surface area contributed by atoms with Gasteiger partial charge in [-0.15, -0.1) is 0 Å². The third kappa shape index (κ3) is 2.71. The van der Waals surface area contributed by atoms with Gasteiger partial charge in [-0.25, -0.2) is 0 Å². The van der Waals surface area contributed by atoms with Crippen molar-refractivity contribution in [2.24, 2.45) is 5.73 Å². The Bertz CT molecular complexity index is 432. The van der Waals surface area contributed by atoms with E-state index in [1.165, 1.54) is 5.56 Å². The number of nitrogens with zero attached hydrogens (tertiary/aromatic N) is 1. The van der Waals surface area contributed by atoms with Crippen LogP contribution in [0.4, 0.5) is 5.69 Å². The maximum atomic E-state index is 11.9. The number of nitrogens with two attached hydrogens (primary N) is 1. The number of benzene rings is 1. The topological polar surface area (TPSA) is 66.6 Å². The minimum atomic E-state index is 0.181. The van der Waals surface area contributed by atoms with Crippen LogP contribution in [-0.2, 0) is 17.8 Å². The van der Waals surface area contributed by atoms with Gasteiger partial charge in [0, 0.05) is 31.8 Å². The van der Waals surface area contributed by atoms with Crippen LogP contribution in [0.25, 0.3) is 0 Å². The number of aliphatic hydroxyl groups excluding tert-OH is 1. The number of aryl methyl sites for hydroxylation is 1. The maximum absolute atomic E-state index is 11.9. The van der Waals surface area contributed by atoms with Crippen LogP contribution in [0.5, 0.6) is 0 Å². The Labute approximate surface area is 107 Å². The molecule has 0 unspecified atom stereocenters. The van der Waals surface area contributed by atoms with E-state index in [-0.39, 0.29) is 12.5 Å². The van der Waals surface area contributed by atoms with Crippen molar-refractivity contribution in [3.8, 4) is 0 Å². The first-order valence-electron chi connectivity index (χ1n) is 6.49. The van der Waals surface area contributed by atoms with Crippen LogP contribution in [0.15, 0.2) is 18.2 Å². The average Bonchev–Trinajstić information content (AvgIpc) is 2.41. The first-order chi connectivity index (χ1) is 8.76. The van der Waals surface area contributed by atoms with Crippen molar-refractivity contribution in [1.29, 1.82) is 0 Å². The van der Waals surface area contributed by atoms with Crippen molar-refractivity contribution in [1.82, 2.24) is 0 Å². The standard InChI is InChI=1S/C14H20N2O2/c15-10-11-3-5-13-12(9-11)4-6-14(18)16(13)7-1-2-8-17/h3,5,9,17H,1-2,4,6-8,10,15H2. The zero-order valence-electron chi connectivity index (χ0n) is 10.6. The van der Waals surface area contributed by atoms with Crippen LogP contribution in [0.3, 0.4) is 0 Å². The zero-order chi connectivity index (χ0) is 13.0. The van der Waals surface area contributed by atoms with Crippen molar-refractivity contribution >= 4 is 11.6 Å². The van der Waals surface area contributed by atoms with E-state index in [0.29, 0.717) is 19.5 Å². The number of amides is 1. The molecular formula is C14H20N2O2. The van der Waals surface area contributed by atoms with Crippen LogP contribution in [0.2, 0.25) is 0 Å². The summed E-state index contributed by atoms with van der Waals surface area (Å²) >= 11 is 0. The molecule has 0 atom stereocenters. The van der Waals surface area contributed by atoms with E-state index >= 15 is 0 Å². The van der Waals surface area contributed by atoms with Gasteiger partial charge in [0.15, 0.2) is 0 Å². The molecule has 18 heavy (non-hydrogen) atoms. The smallest absolute Gasteiger partial charge is 0.227 e. The van der Waals surface area contributed by atoms with Gasteiger partial charge in [-0.05, 0) is 36.5 Å². The molecule has 0 fully saturated rings. The summed E-state index contributed by atoms with van der Waals surface area (Å²) in [7, 11) is 0. The van der Waals surface area contributed by atoms with Crippen LogP contribution >= 0.6 is 0 Å². The molecular weight excluding hydrogens is 228 g/mol. The summed E-state index contributed by atoms with van der Waals surface area (Å²) in [6.07, 6.45) is 2.94.